The molecule has 2 aromatic carbocycles. The van der Waals surface area contributed by atoms with Gasteiger partial charge in [-0.15, -0.1) is 0 Å². The maximum Gasteiger partial charge on any atom is 0.340 e. The number of H-pyrrole nitrogens is 1. The Morgan fingerprint density at radius 3 is 2.20 bits per heavy atom. The van der Waals surface area contributed by atoms with E-state index in [1.807, 2.05) is 36.4 Å². The van der Waals surface area contributed by atoms with Crippen LogP contribution in [0.3, 0.4) is 0 Å². The SMILES string of the molecule is CCC(=O)Nc1nc2c(ncn2C(=O)N(c2ccccc2)c2ccccc2)c(=O)[nH]1. The number of hydrogen-bond donors (Lipinski definition) is 2. The van der Waals surface area contributed by atoms with E-state index in [0.717, 1.165) is 0 Å². The van der Waals surface area contributed by atoms with Crippen molar-refractivity contribution in [2.75, 3.05) is 10.2 Å². The Hall–Kier alpha value is -4.27. The van der Waals surface area contributed by atoms with Gasteiger partial charge in [-0.2, -0.15) is 4.98 Å². The number of fused-ring (bicyclic) bond motifs is 1. The third-order valence-corrected chi connectivity index (χ3v) is 4.41. The van der Waals surface area contributed by atoms with Crippen LogP contribution in [0.15, 0.2) is 71.8 Å². The number of carbonyl (C=O) groups excluding carboxylic acids is 2. The Labute approximate surface area is 171 Å². The van der Waals surface area contributed by atoms with Gasteiger partial charge in [-0.3, -0.25) is 24.8 Å². The molecule has 0 atom stereocenters. The molecule has 0 saturated heterocycles. The van der Waals surface area contributed by atoms with E-state index in [-0.39, 0.29) is 29.4 Å². The van der Waals surface area contributed by atoms with Crippen molar-refractivity contribution in [1.82, 2.24) is 19.5 Å². The lowest BCUT2D eigenvalue weighted by molar-refractivity contribution is -0.115. The van der Waals surface area contributed by atoms with Crippen LogP contribution in [0.2, 0.25) is 0 Å². The molecule has 9 heteroatoms. The molecule has 30 heavy (non-hydrogen) atoms. The minimum atomic E-state index is -0.552. The number of aromatic amines is 1. The normalized spacial score (nSPS) is 10.7. The van der Waals surface area contributed by atoms with Gasteiger partial charge in [0.1, 0.15) is 6.33 Å². The molecule has 0 radical (unpaired) electrons. The largest absolute Gasteiger partial charge is 0.340 e. The van der Waals surface area contributed by atoms with Crippen molar-refractivity contribution in [1.29, 1.82) is 0 Å². The molecule has 0 aliphatic heterocycles. The van der Waals surface area contributed by atoms with Gasteiger partial charge in [-0.05, 0) is 24.3 Å². The Kier molecular flexibility index (Phi) is 5.08. The van der Waals surface area contributed by atoms with Crippen LogP contribution < -0.4 is 15.8 Å². The molecule has 0 aliphatic rings. The van der Waals surface area contributed by atoms with Crippen LogP contribution in [-0.4, -0.2) is 31.5 Å². The third-order valence-electron chi connectivity index (χ3n) is 4.41. The lowest BCUT2D eigenvalue weighted by Crippen LogP contribution is -2.30. The number of anilines is 3. The topological polar surface area (TPSA) is 113 Å². The first kappa shape index (κ1) is 19.1. The van der Waals surface area contributed by atoms with Gasteiger partial charge >= 0.3 is 6.03 Å². The molecule has 0 bridgehead atoms. The number of para-hydroxylation sites is 2. The molecular formula is C21H18N6O3. The summed E-state index contributed by atoms with van der Waals surface area (Å²) in [5.74, 6) is -0.357. The minimum absolute atomic E-state index is 0.000999. The average Bonchev–Trinajstić information content (AvgIpc) is 3.20. The quantitative estimate of drug-likeness (QED) is 0.544. The van der Waals surface area contributed by atoms with Crippen molar-refractivity contribution >= 4 is 40.4 Å². The minimum Gasteiger partial charge on any atom is -0.296 e. The molecule has 4 aromatic rings. The van der Waals surface area contributed by atoms with Crippen molar-refractivity contribution in [3.8, 4) is 0 Å². The van der Waals surface area contributed by atoms with Crippen LogP contribution in [0.5, 0.6) is 0 Å². The number of aromatic nitrogens is 4. The molecule has 150 valence electrons. The number of nitrogens with zero attached hydrogens (tertiary/aromatic N) is 4. The van der Waals surface area contributed by atoms with Crippen molar-refractivity contribution in [2.45, 2.75) is 13.3 Å². The molecule has 0 unspecified atom stereocenters. The van der Waals surface area contributed by atoms with E-state index < -0.39 is 11.6 Å². The van der Waals surface area contributed by atoms with Crippen LogP contribution in [0.1, 0.15) is 13.3 Å². The van der Waals surface area contributed by atoms with Crippen molar-refractivity contribution < 1.29 is 9.59 Å². The molecule has 2 aromatic heterocycles. The van der Waals surface area contributed by atoms with Crippen LogP contribution in [-0.2, 0) is 4.79 Å². The summed E-state index contributed by atoms with van der Waals surface area (Å²) in [5, 5.41) is 2.50. The predicted molar refractivity (Wildman–Crippen MR) is 113 cm³/mol. The number of amides is 2. The summed E-state index contributed by atoms with van der Waals surface area (Å²) in [6.45, 7) is 1.68. The second kappa shape index (κ2) is 8.00. The van der Waals surface area contributed by atoms with Gasteiger partial charge in [-0.25, -0.2) is 14.3 Å². The summed E-state index contributed by atoms with van der Waals surface area (Å²) in [6.07, 6.45) is 1.47. The van der Waals surface area contributed by atoms with Crippen molar-refractivity contribution in [2.24, 2.45) is 0 Å². The molecular weight excluding hydrogens is 384 g/mol. The standard InChI is InChI=1S/C21H18N6O3/c1-2-16(28)23-20-24-18-17(19(29)25-20)22-13-26(18)21(30)27(14-9-5-3-6-10-14)15-11-7-4-8-12-15/h3-13H,2H2,1H3,(H2,23,24,25,28,29). The van der Waals surface area contributed by atoms with Crippen LogP contribution in [0, 0.1) is 0 Å². The second-order valence-corrected chi connectivity index (χ2v) is 6.39. The zero-order chi connectivity index (χ0) is 21.1. The summed E-state index contributed by atoms with van der Waals surface area (Å²) in [7, 11) is 0. The van der Waals surface area contributed by atoms with Gasteiger partial charge in [0.15, 0.2) is 11.2 Å². The fraction of sp³-hybridized carbons (Fsp3) is 0.0952. The van der Waals surface area contributed by atoms with E-state index in [0.29, 0.717) is 11.4 Å². The highest BCUT2D eigenvalue weighted by Gasteiger charge is 2.23. The van der Waals surface area contributed by atoms with E-state index in [1.165, 1.54) is 15.8 Å². The zero-order valence-electron chi connectivity index (χ0n) is 16.1. The van der Waals surface area contributed by atoms with Gasteiger partial charge in [0.25, 0.3) is 5.56 Å². The smallest absolute Gasteiger partial charge is 0.296 e. The zero-order valence-corrected chi connectivity index (χ0v) is 16.1. The molecule has 4 rings (SSSR count). The second-order valence-electron chi connectivity index (χ2n) is 6.39. The molecule has 0 fully saturated rings. The van der Waals surface area contributed by atoms with Crippen molar-refractivity contribution in [3.05, 3.63) is 77.3 Å². The highest BCUT2D eigenvalue weighted by Crippen LogP contribution is 2.26. The maximum atomic E-state index is 13.5. The van der Waals surface area contributed by atoms with Crippen LogP contribution >= 0.6 is 0 Å². The Balaban J connectivity index is 1.84. The van der Waals surface area contributed by atoms with Crippen LogP contribution in [0.25, 0.3) is 11.2 Å². The Bertz CT molecular complexity index is 1220. The molecule has 0 saturated carbocycles. The molecule has 2 N–H and O–H groups in total. The number of carbonyl (C=O) groups is 2. The first-order chi connectivity index (χ1) is 14.6. The average molecular weight is 402 g/mol. The Morgan fingerprint density at radius 2 is 1.63 bits per heavy atom. The van der Waals surface area contributed by atoms with E-state index in [1.54, 1.807) is 31.2 Å². The third kappa shape index (κ3) is 3.55. The fourth-order valence-electron chi connectivity index (χ4n) is 2.96. The van der Waals surface area contributed by atoms with Crippen LogP contribution in [0.4, 0.5) is 22.1 Å². The molecule has 9 nitrogen and oxygen atoms in total. The predicted octanol–water partition coefficient (Wildman–Crippen LogP) is 3.27. The van der Waals surface area contributed by atoms with E-state index in [4.69, 9.17) is 0 Å². The first-order valence-corrected chi connectivity index (χ1v) is 9.30. The summed E-state index contributed by atoms with van der Waals surface area (Å²) >= 11 is 0. The molecule has 0 aliphatic carbocycles. The summed E-state index contributed by atoms with van der Waals surface area (Å²) in [6, 6.07) is 17.8. The molecule has 0 spiro atoms. The van der Waals surface area contributed by atoms with E-state index in [2.05, 4.69) is 20.3 Å². The monoisotopic (exact) mass is 402 g/mol. The summed E-state index contributed by atoms with van der Waals surface area (Å²) in [4.78, 5) is 49.8. The number of benzene rings is 2. The highest BCUT2D eigenvalue weighted by molar-refractivity contribution is 6.03. The summed E-state index contributed by atoms with van der Waals surface area (Å²) < 4.78 is 1.19. The number of rotatable bonds is 4. The number of imidazole rings is 1. The number of nitrogens with one attached hydrogen (secondary N) is 2. The molecule has 2 heterocycles. The molecule has 2 amide bonds. The van der Waals surface area contributed by atoms with E-state index in [9.17, 15) is 14.4 Å². The maximum absolute atomic E-state index is 13.5. The van der Waals surface area contributed by atoms with Gasteiger partial charge in [-0.1, -0.05) is 43.3 Å². The highest BCUT2D eigenvalue weighted by atomic mass is 16.2. The lowest BCUT2D eigenvalue weighted by atomic mass is 10.2. The van der Waals surface area contributed by atoms with E-state index >= 15 is 0 Å². The van der Waals surface area contributed by atoms with Gasteiger partial charge in [0.05, 0.1) is 11.4 Å². The Morgan fingerprint density at radius 1 is 1.03 bits per heavy atom. The lowest BCUT2D eigenvalue weighted by Gasteiger charge is -2.23. The summed E-state index contributed by atoms with van der Waals surface area (Å²) in [5.41, 5.74) is 0.773. The van der Waals surface area contributed by atoms with Gasteiger partial charge < -0.3 is 0 Å². The van der Waals surface area contributed by atoms with Gasteiger partial charge in [0, 0.05) is 6.42 Å². The first-order valence-electron chi connectivity index (χ1n) is 9.30. The fourth-order valence-corrected chi connectivity index (χ4v) is 2.96. The van der Waals surface area contributed by atoms with Crippen molar-refractivity contribution in [3.63, 3.8) is 0 Å². The number of hydrogen-bond acceptors (Lipinski definition) is 5. The van der Waals surface area contributed by atoms with Gasteiger partial charge in [0.2, 0.25) is 11.9 Å².